The first-order valence-corrected chi connectivity index (χ1v) is 10.4. The van der Waals surface area contributed by atoms with Gasteiger partial charge >= 0.3 is 0 Å². The highest BCUT2D eigenvalue weighted by Gasteiger charge is 2.18. The lowest BCUT2D eigenvalue weighted by atomic mass is 9.94. The third-order valence-electron chi connectivity index (χ3n) is 5.61. The number of nitrogens with zero attached hydrogens (tertiary/aromatic N) is 1. The Balaban J connectivity index is 1.75. The number of nitrogens with one attached hydrogen (secondary N) is 3. The smallest absolute Gasteiger partial charge is 0.269 e. The average Bonchev–Trinajstić information content (AvgIpc) is 2.79. The molecule has 0 spiro atoms. The second kappa shape index (κ2) is 10.2. The number of rotatable bonds is 7. The van der Waals surface area contributed by atoms with Gasteiger partial charge in [0.25, 0.3) is 11.8 Å². The Morgan fingerprint density at radius 1 is 1.14 bits per heavy atom. The summed E-state index contributed by atoms with van der Waals surface area (Å²) in [5, 5.41) is 8.98. The van der Waals surface area contributed by atoms with Gasteiger partial charge in [0.2, 0.25) is 0 Å². The van der Waals surface area contributed by atoms with Gasteiger partial charge < -0.3 is 16.0 Å². The molecule has 1 unspecified atom stereocenters. The zero-order valence-electron chi connectivity index (χ0n) is 17.2. The van der Waals surface area contributed by atoms with Crippen molar-refractivity contribution in [1.82, 2.24) is 20.9 Å². The molecule has 1 atom stereocenters. The number of hydrogen-bond acceptors (Lipinski definition) is 4. The van der Waals surface area contributed by atoms with E-state index < -0.39 is 0 Å². The van der Waals surface area contributed by atoms with E-state index in [1.807, 2.05) is 37.3 Å². The third kappa shape index (κ3) is 5.64. The van der Waals surface area contributed by atoms with E-state index in [1.54, 1.807) is 19.2 Å². The molecule has 6 nitrogen and oxygen atoms in total. The fourth-order valence-corrected chi connectivity index (χ4v) is 3.72. The molecule has 3 N–H and O–H groups in total. The Morgan fingerprint density at radius 2 is 1.86 bits per heavy atom. The fourth-order valence-electron chi connectivity index (χ4n) is 3.72. The van der Waals surface area contributed by atoms with Crippen LogP contribution in [0.4, 0.5) is 0 Å². The van der Waals surface area contributed by atoms with Crippen LogP contribution in [0.5, 0.6) is 0 Å². The first-order chi connectivity index (χ1) is 14.1. The van der Waals surface area contributed by atoms with Crippen molar-refractivity contribution in [2.24, 2.45) is 5.92 Å². The molecule has 6 heteroatoms. The normalized spacial score (nSPS) is 15.5. The van der Waals surface area contributed by atoms with E-state index in [2.05, 4.69) is 20.9 Å². The second-order valence-corrected chi connectivity index (χ2v) is 7.62. The van der Waals surface area contributed by atoms with Gasteiger partial charge in [0.15, 0.2) is 0 Å². The Labute approximate surface area is 172 Å². The van der Waals surface area contributed by atoms with Crippen LogP contribution in [-0.4, -0.2) is 43.5 Å². The molecule has 1 aromatic carbocycles. The predicted octanol–water partition coefficient (Wildman–Crippen LogP) is 2.71. The molecule has 154 valence electrons. The maximum Gasteiger partial charge on any atom is 0.269 e. The number of hydrogen-bond donors (Lipinski definition) is 3. The van der Waals surface area contributed by atoms with Gasteiger partial charge in [-0.05, 0) is 56.0 Å². The molecule has 3 rings (SSSR count). The van der Waals surface area contributed by atoms with E-state index in [-0.39, 0.29) is 23.4 Å². The topological polar surface area (TPSA) is 83.1 Å². The summed E-state index contributed by atoms with van der Waals surface area (Å²) < 4.78 is 0. The second-order valence-electron chi connectivity index (χ2n) is 7.62. The summed E-state index contributed by atoms with van der Waals surface area (Å²) in [6.45, 7) is 4.78. The lowest BCUT2D eigenvalue weighted by molar-refractivity contribution is 0.0950. The van der Waals surface area contributed by atoms with Crippen LogP contribution in [-0.2, 0) is 0 Å². The van der Waals surface area contributed by atoms with Crippen LogP contribution in [0.15, 0.2) is 42.5 Å². The Kier molecular flexibility index (Phi) is 7.36. The molecule has 2 amide bonds. The predicted molar refractivity (Wildman–Crippen MR) is 114 cm³/mol. The summed E-state index contributed by atoms with van der Waals surface area (Å²) in [5.74, 6) is 0.176. The monoisotopic (exact) mass is 394 g/mol. The molecular formula is C23H30N4O2. The van der Waals surface area contributed by atoms with Crippen LogP contribution in [0, 0.1) is 5.92 Å². The Bertz CT molecular complexity index is 832. The van der Waals surface area contributed by atoms with Crippen molar-refractivity contribution in [2.75, 3.05) is 26.7 Å². The number of piperidine rings is 1. The first kappa shape index (κ1) is 21.0. The molecule has 2 heterocycles. The minimum absolute atomic E-state index is 0.0258. The van der Waals surface area contributed by atoms with Gasteiger partial charge in [-0.15, -0.1) is 0 Å². The van der Waals surface area contributed by atoms with Crippen molar-refractivity contribution in [2.45, 2.75) is 32.1 Å². The SMILES string of the molecule is CNC(=O)c1cc(C(=O)NCCC2CCNCC2)cc(C(C)c2ccccc2)n1. The van der Waals surface area contributed by atoms with Gasteiger partial charge in [0, 0.05) is 30.8 Å². The highest BCUT2D eigenvalue weighted by atomic mass is 16.2. The maximum absolute atomic E-state index is 12.8. The summed E-state index contributed by atoms with van der Waals surface area (Å²) >= 11 is 0. The number of carbonyl (C=O) groups excluding carboxylic acids is 2. The Hall–Kier alpha value is -2.73. The van der Waals surface area contributed by atoms with Crippen molar-refractivity contribution in [3.63, 3.8) is 0 Å². The summed E-state index contributed by atoms with van der Waals surface area (Å²) in [4.78, 5) is 29.5. The number of amides is 2. The fraction of sp³-hybridized carbons (Fsp3) is 0.435. The van der Waals surface area contributed by atoms with Gasteiger partial charge in [-0.25, -0.2) is 4.98 Å². The van der Waals surface area contributed by atoms with Gasteiger partial charge in [0.05, 0.1) is 0 Å². The van der Waals surface area contributed by atoms with Crippen LogP contribution in [0.1, 0.15) is 64.2 Å². The molecule has 1 saturated heterocycles. The molecule has 1 aromatic heterocycles. The van der Waals surface area contributed by atoms with Gasteiger partial charge in [-0.1, -0.05) is 37.3 Å². The maximum atomic E-state index is 12.8. The van der Waals surface area contributed by atoms with Gasteiger partial charge in [-0.3, -0.25) is 9.59 Å². The van der Waals surface area contributed by atoms with E-state index in [4.69, 9.17) is 0 Å². The molecule has 0 saturated carbocycles. The number of aromatic nitrogens is 1. The van der Waals surface area contributed by atoms with E-state index in [0.717, 1.165) is 37.9 Å². The summed E-state index contributed by atoms with van der Waals surface area (Å²) in [6.07, 6.45) is 3.30. The first-order valence-electron chi connectivity index (χ1n) is 10.4. The molecular weight excluding hydrogens is 364 g/mol. The van der Waals surface area contributed by atoms with Crippen molar-refractivity contribution in [3.05, 3.63) is 65.0 Å². The number of carbonyl (C=O) groups is 2. The van der Waals surface area contributed by atoms with Crippen LogP contribution in [0.2, 0.25) is 0 Å². The van der Waals surface area contributed by atoms with Gasteiger partial charge in [0.1, 0.15) is 5.69 Å². The zero-order valence-corrected chi connectivity index (χ0v) is 17.2. The number of benzene rings is 1. The van der Waals surface area contributed by atoms with Crippen LogP contribution in [0.3, 0.4) is 0 Å². The summed E-state index contributed by atoms with van der Waals surface area (Å²) in [5.41, 5.74) is 2.53. The lowest BCUT2D eigenvalue weighted by Crippen LogP contribution is -2.31. The minimum Gasteiger partial charge on any atom is -0.354 e. The zero-order chi connectivity index (χ0) is 20.6. The largest absolute Gasteiger partial charge is 0.354 e. The third-order valence-corrected chi connectivity index (χ3v) is 5.61. The lowest BCUT2D eigenvalue weighted by Gasteiger charge is -2.22. The molecule has 2 aromatic rings. The van der Waals surface area contributed by atoms with Crippen molar-refractivity contribution in [1.29, 1.82) is 0 Å². The van der Waals surface area contributed by atoms with Crippen molar-refractivity contribution in [3.8, 4) is 0 Å². The van der Waals surface area contributed by atoms with Gasteiger partial charge in [-0.2, -0.15) is 0 Å². The molecule has 0 radical (unpaired) electrons. The number of pyridine rings is 1. The van der Waals surface area contributed by atoms with Crippen molar-refractivity contribution >= 4 is 11.8 Å². The van der Waals surface area contributed by atoms with Crippen molar-refractivity contribution < 1.29 is 9.59 Å². The highest BCUT2D eigenvalue weighted by molar-refractivity contribution is 5.98. The van der Waals surface area contributed by atoms with E-state index in [1.165, 1.54) is 0 Å². The summed E-state index contributed by atoms with van der Waals surface area (Å²) in [7, 11) is 1.57. The molecule has 0 bridgehead atoms. The molecule has 1 aliphatic heterocycles. The molecule has 1 fully saturated rings. The van der Waals surface area contributed by atoms with Crippen LogP contribution in [0.25, 0.3) is 0 Å². The Morgan fingerprint density at radius 3 is 2.55 bits per heavy atom. The molecule has 1 aliphatic rings. The summed E-state index contributed by atoms with van der Waals surface area (Å²) in [6, 6.07) is 13.3. The van der Waals surface area contributed by atoms with Crippen LogP contribution >= 0.6 is 0 Å². The minimum atomic E-state index is -0.295. The van der Waals surface area contributed by atoms with E-state index >= 15 is 0 Å². The molecule has 29 heavy (non-hydrogen) atoms. The average molecular weight is 395 g/mol. The molecule has 0 aliphatic carbocycles. The standard InChI is InChI=1S/C23H30N4O2/c1-16(18-6-4-3-5-7-18)20-14-19(15-21(27-20)23(29)24-2)22(28)26-13-10-17-8-11-25-12-9-17/h3-7,14-17,25H,8-13H2,1-2H3,(H,24,29)(H,26,28). The van der Waals surface area contributed by atoms with Crippen LogP contribution < -0.4 is 16.0 Å². The quantitative estimate of drug-likeness (QED) is 0.674. The highest BCUT2D eigenvalue weighted by Crippen LogP contribution is 2.24. The van der Waals surface area contributed by atoms with E-state index in [9.17, 15) is 9.59 Å². The van der Waals surface area contributed by atoms with E-state index in [0.29, 0.717) is 23.7 Å².